The van der Waals surface area contributed by atoms with Gasteiger partial charge in [0.15, 0.2) is 29.1 Å². The summed E-state index contributed by atoms with van der Waals surface area (Å²) in [5.41, 5.74) is 4.34. The maximum absolute atomic E-state index is 12.8. The van der Waals surface area contributed by atoms with Gasteiger partial charge < -0.3 is 70.6 Å². The van der Waals surface area contributed by atoms with Crippen molar-refractivity contribution in [3.05, 3.63) is 12.7 Å². The molecule has 0 aliphatic carbocycles. The molecular weight excluding hydrogens is 895 g/mol. The van der Waals surface area contributed by atoms with E-state index in [0.29, 0.717) is 5.75 Å². The summed E-state index contributed by atoms with van der Waals surface area (Å²) >= 11 is 1.02. The van der Waals surface area contributed by atoms with Crippen LogP contribution in [0.4, 0.5) is 5.82 Å². The fourth-order valence-corrected chi connectivity index (χ4v) is 8.55. The summed E-state index contributed by atoms with van der Waals surface area (Å²) in [7, 11) is -16.1. The molecule has 2 saturated heterocycles. The van der Waals surface area contributed by atoms with Gasteiger partial charge in [-0.05, 0) is 0 Å². The van der Waals surface area contributed by atoms with Crippen molar-refractivity contribution < 1.29 is 100 Å². The Hall–Kier alpha value is -2.60. The lowest BCUT2D eigenvalue weighted by Crippen LogP contribution is -2.46. The summed E-state index contributed by atoms with van der Waals surface area (Å²) in [5, 5.41) is 47.6. The van der Waals surface area contributed by atoms with E-state index in [1.54, 1.807) is 0 Å². The van der Waals surface area contributed by atoms with Gasteiger partial charge in [-0.2, -0.15) is 4.31 Å². The van der Waals surface area contributed by atoms with Gasteiger partial charge in [-0.15, -0.1) is 0 Å². The van der Waals surface area contributed by atoms with Gasteiger partial charge >= 0.3 is 23.5 Å². The number of carbonyl (C=O) groups excluding carboxylic acids is 3. The van der Waals surface area contributed by atoms with Crippen LogP contribution in [0.3, 0.4) is 0 Å². The van der Waals surface area contributed by atoms with Crippen molar-refractivity contribution in [1.82, 2.24) is 30.2 Å². The highest BCUT2D eigenvalue weighted by Gasteiger charge is 2.52. The summed E-state index contributed by atoms with van der Waals surface area (Å²) in [5.74, 6) is -1.14. The number of rotatable bonds is 22. The number of fused-ring (bicyclic) bond motifs is 1. The van der Waals surface area contributed by atoms with Crippen molar-refractivity contribution in [2.24, 2.45) is 5.41 Å². The highest BCUT2D eigenvalue weighted by Crippen LogP contribution is 2.61. The molecule has 4 rings (SSSR count). The monoisotopic (exact) mass is 941 g/mol. The summed E-state index contributed by atoms with van der Waals surface area (Å²) in [6, 6.07) is 0. The molecule has 12 N–H and O–H groups in total. The van der Waals surface area contributed by atoms with Gasteiger partial charge in [-0.1, -0.05) is 25.6 Å². The van der Waals surface area contributed by atoms with E-state index < -0.39 is 116 Å². The number of phosphoric acid groups is 3. The zero-order valence-electron chi connectivity index (χ0n) is 31.8. The van der Waals surface area contributed by atoms with Crippen LogP contribution in [0.5, 0.6) is 0 Å². The number of phosphoric ester groups is 3. The van der Waals surface area contributed by atoms with E-state index in [1.165, 1.54) is 25.3 Å². The first-order valence-electron chi connectivity index (χ1n) is 17.5. The maximum Gasteiger partial charge on any atom is 0.481 e. The number of thioether (sulfide) groups is 1. The molecule has 28 nitrogen and oxygen atoms in total. The minimum absolute atomic E-state index is 0.0242. The van der Waals surface area contributed by atoms with Crippen LogP contribution in [0.1, 0.15) is 33.4 Å². The first-order valence-corrected chi connectivity index (χ1v) is 23.0. The van der Waals surface area contributed by atoms with Gasteiger partial charge in [0.05, 0.1) is 26.1 Å². The lowest BCUT2D eigenvalue weighted by molar-refractivity contribution is -0.219. The van der Waals surface area contributed by atoms with E-state index in [-0.39, 0.29) is 41.6 Å². The summed E-state index contributed by atoms with van der Waals surface area (Å²) in [6.07, 6.45) is -13.5. The van der Waals surface area contributed by atoms with Gasteiger partial charge in [-0.25, -0.2) is 28.6 Å². The van der Waals surface area contributed by atoms with Gasteiger partial charge in [-0.3, -0.25) is 32.5 Å². The number of nitrogens with zero attached hydrogens (tertiary/aromatic N) is 4. The molecule has 0 saturated carbocycles. The van der Waals surface area contributed by atoms with E-state index >= 15 is 0 Å². The second kappa shape index (κ2) is 20.7. The SMILES string of the molecule is CC(=O)SCCNC(=O)CCNC(=O)[C@H](O)C(C)(C)COP(=O)(O)OP(=O)(O)OC[C@H]1O[C@@H](n2cnc3c(N)ncnc32)[C@H](O[C@@H]2O[C@H](COP(=O)(O)O)[C@@H](O)[C@H]2O)[C@@H]1O. The van der Waals surface area contributed by atoms with Gasteiger partial charge in [0.25, 0.3) is 0 Å². The molecule has 340 valence electrons. The van der Waals surface area contributed by atoms with Crippen molar-refractivity contribution in [2.75, 3.05) is 44.4 Å². The Kier molecular flexibility index (Phi) is 17.3. The minimum atomic E-state index is -5.58. The van der Waals surface area contributed by atoms with E-state index in [2.05, 4.69) is 34.4 Å². The van der Waals surface area contributed by atoms with Crippen LogP contribution in [0, 0.1) is 5.41 Å². The Morgan fingerprint density at radius 3 is 2.25 bits per heavy atom. The number of imidazole rings is 1. The number of anilines is 1. The maximum atomic E-state index is 12.8. The number of amides is 2. The summed E-state index contributed by atoms with van der Waals surface area (Å²) in [4.78, 5) is 86.0. The zero-order valence-corrected chi connectivity index (χ0v) is 35.3. The lowest BCUT2D eigenvalue weighted by Gasteiger charge is -2.30. The third-order valence-electron chi connectivity index (χ3n) is 8.57. The molecule has 0 aromatic carbocycles. The molecule has 0 spiro atoms. The molecule has 2 aromatic heterocycles. The second-order valence-electron chi connectivity index (χ2n) is 13.8. The van der Waals surface area contributed by atoms with Crippen molar-refractivity contribution >= 4 is 69.1 Å². The molecule has 2 aliphatic rings. The molecule has 2 amide bonds. The van der Waals surface area contributed by atoms with E-state index in [4.69, 9.17) is 38.8 Å². The molecule has 2 fully saturated rings. The summed E-state index contributed by atoms with van der Waals surface area (Å²) < 4.78 is 73.3. The third kappa shape index (κ3) is 14.0. The average Bonchev–Trinajstić information content (AvgIpc) is 3.80. The van der Waals surface area contributed by atoms with Gasteiger partial charge in [0, 0.05) is 37.6 Å². The number of aliphatic hydroxyl groups excluding tert-OH is 4. The predicted octanol–water partition coefficient (Wildman–Crippen LogP) is -2.85. The normalized spacial score (nSPS) is 27.3. The average molecular weight is 942 g/mol. The van der Waals surface area contributed by atoms with Crippen molar-refractivity contribution in [3.63, 3.8) is 0 Å². The Morgan fingerprint density at radius 1 is 0.933 bits per heavy atom. The Balaban J connectivity index is 1.36. The number of carbonyl (C=O) groups is 3. The van der Waals surface area contributed by atoms with E-state index in [1.807, 2.05) is 0 Å². The molecule has 0 radical (unpaired) electrons. The number of hydrogen-bond donors (Lipinski definition) is 11. The van der Waals surface area contributed by atoms with E-state index in [0.717, 1.165) is 24.4 Å². The Bertz CT molecular complexity index is 1980. The highest BCUT2D eigenvalue weighted by molar-refractivity contribution is 8.13. The quantitative estimate of drug-likeness (QED) is 0.0418. The summed E-state index contributed by atoms with van der Waals surface area (Å²) in [6.45, 7) is 1.02. The van der Waals surface area contributed by atoms with Crippen LogP contribution in [-0.4, -0.2) is 164 Å². The molecule has 4 heterocycles. The van der Waals surface area contributed by atoms with Crippen molar-refractivity contribution in [3.8, 4) is 0 Å². The molecule has 2 aromatic rings. The number of hydrogen-bond acceptors (Lipinski definition) is 22. The Morgan fingerprint density at radius 2 is 1.58 bits per heavy atom. The molecule has 0 bridgehead atoms. The van der Waals surface area contributed by atoms with Crippen molar-refractivity contribution in [1.29, 1.82) is 0 Å². The number of nitrogens with two attached hydrogens (primary N) is 1. The molecule has 60 heavy (non-hydrogen) atoms. The van der Waals surface area contributed by atoms with E-state index in [9.17, 15) is 58.3 Å². The number of ether oxygens (including phenoxy) is 3. The van der Waals surface area contributed by atoms with Crippen LogP contribution in [0.15, 0.2) is 12.7 Å². The number of aromatic nitrogens is 4. The highest BCUT2D eigenvalue weighted by atomic mass is 32.2. The predicted molar refractivity (Wildman–Crippen MR) is 199 cm³/mol. The zero-order chi connectivity index (χ0) is 44.8. The smallest absolute Gasteiger partial charge is 0.387 e. The number of nitrogens with one attached hydrogen (secondary N) is 2. The topological polar surface area (TPSA) is 423 Å². The lowest BCUT2D eigenvalue weighted by atomic mass is 9.87. The molecule has 2 aliphatic heterocycles. The molecule has 11 atom stereocenters. The van der Waals surface area contributed by atoms with Gasteiger partial charge in [0.2, 0.25) is 11.8 Å². The molecule has 2 unspecified atom stereocenters. The first kappa shape index (κ1) is 50.0. The fourth-order valence-electron chi connectivity index (χ4n) is 5.47. The van der Waals surface area contributed by atoms with Crippen molar-refractivity contribution in [2.45, 2.75) is 82.4 Å². The van der Waals surface area contributed by atoms with Crippen LogP contribution in [0.2, 0.25) is 0 Å². The minimum Gasteiger partial charge on any atom is -0.387 e. The largest absolute Gasteiger partial charge is 0.481 e. The number of aliphatic hydroxyl groups is 4. The standard InChI is InChI=1S/C28H46N7O21P3S/c1-13(36)60-7-6-30-16(37)4-5-31-25(42)22(41)28(2,3)10-52-59(48,49)56-58(46,47)51-9-15-19(39)21(26(53-15)35-12-34-17-23(29)32-11-33-24(17)35)55-27-20(40)18(38)14(54-27)8-50-57(43,44)45/h11-12,14-15,18-22,26-27,38-41H,4-10H2,1-3H3,(H,30,37)(H,31,42)(H,46,47)(H,48,49)(H2,29,32,33)(H2,43,44,45)/t14-,15-,18-,19-,20-,21-,22+,26-,27+/m1/s1. The Labute approximate surface area is 343 Å². The van der Waals surface area contributed by atoms with Gasteiger partial charge in [0.1, 0.15) is 54.6 Å². The first-order chi connectivity index (χ1) is 27.8. The third-order valence-corrected chi connectivity index (χ3v) is 12.5. The molecule has 32 heteroatoms. The van der Waals surface area contributed by atoms with Crippen LogP contribution in [0.25, 0.3) is 11.2 Å². The van der Waals surface area contributed by atoms with Crippen LogP contribution in [-0.2, 0) is 60.2 Å². The van der Waals surface area contributed by atoms with Crippen LogP contribution < -0.4 is 16.4 Å². The fraction of sp³-hybridized carbons (Fsp3) is 0.714. The molecular formula is C28H46N7O21P3S. The second-order valence-corrected chi connectivity index (χ2v) is 19.3. The number of nitrogen functional groups attached to an aromatic ring is 1. The van der Waals surface area contributed by atoms with Crippen LogP contribution >= 0.6 is 35.2 Å².